The van der Waals surface area contributed by atoms with E-state index >= 15 is 0 Å². The maximum atomic E-state index is 13.7. The third-order valence-electron chi connectivity index (χ3n) is 12.9. The summed E-state index contributed by atoms with van der Waals surface area (Å²) in [7, 11) is 1.19. The van der Waals surface area contributed by atoms with Crippen LogP contribution in [0, 0.1) is 17.8 Å². The van der Waals surface area contributed by atoms with Crippen molar-refractivity contribution in [2.75, 3.05) is 60.7 Å². The van der Waals surface area contributed by atoms with Crippen LogP contribution in [0.15, 0.2) is 24.3 Å². The molecule has 0 radical (unpaired) electrons. The summed E-state index contributed by atoms with van der Waals surface area (Å²) in [6, 6.07) is 3.64. The highest BCUT2D eigenvalue weighted by atomic mass is 31.2. The number of carboxylic acids is 1. The summed E-state index contributed by atoms with van der Waals surface area (Å²) in [5.41, 5.74) is 0.571. The smallest absolute Gasteiger partial charge is 0.472 e. The Hall–Kier alpha value is -4.26. The van der Waals surface area contributed by atoms with E-state index in [4.69, 9.17) is 23.3 Å². The van der Waals surface area contributed by atoms with Crippen molar-refractivity contribution in [3.05, 3.63) is 29.8 Å². The fraction of sp³-hybridized carbons (Fsp3) is 0.768. The third-order valence-corrected chi connectivity index (χ3v) is 13.8. The van der Waals surface area contributed by atoms with Gasteiger partial charge < -0.3 is 44.4 Å². The number of carbonyl (C=O) groups excluding carboxylic acids is 6. The van der Waals surface area contributed by atoms with Crippen LogP contribution in [-0.2, 0) is 67.8 Å². The lowest BCUT2D eigenvalue weighted by Crippen LogP contribution is -2.47. The molecule has 2 amide bonds. The zero-order valence-electron chi connectivity index (χ0n) is 47.3. The number of carbonyl (C=O) groups is 7. The fourth-order valence-electron chi connectivity index (χ4n) is 7.86. The molecule has 0 aliphatic rings. The Balaban J connectivity index is 2.68. The van der Waals surface area contributed by atoms with Crippen molar-refractivity contribution in [3.63, 3.8) is 0 Å². The van der Waals surface area contributed by atoms with Crippen molar-refractivity contribution in [1.82, 2.24) is 10.6 Å². The summed E-state index contributed by atoms with van der Waals surface area (Å²) in [6.07, 6.45) is 16.0. The predicted octanol–water partition coefficient (Wildman–Crippen LogP) is 8.97. The molecule has 0 aliphatic carbocycles. The molecule has 1 rings (SSSR count). The van der Waals surface area contributed by atoms with Crippen LogP contribution < -0.4 is 10.6 Å². The number of unbranched alkanes of at least 4 members (excludes halogenated alkanes) is 14. The highest BCUT2D eigenvalue weighted by molar-refractivity contribution is 7.47. The van der Waals surface area contributed by atoms with E-state index in [0.717, 1.165) is 19.3 Å². The molecule has 76 heavy (non-hydrogen) atoms. The predicted molar refractivity (Wildman–Crippen MR) is 290 cm³/mol. The molecule has 0 saturated carbocycles. The van der Waals surface area contributed by atoms with Gasteiger partial charge in [-0.15, -0.1) is 0 Å². The highest BCUT2D eigenvalue weighted by Gasteiger charge is 2.30. The number of nitrogens with zero attached hydrogens (tertiary/aromatic N) is 1. The first kappa shape index (κ1) is 69.8. The molecule has 1 aromatic carbocycles. The molecule has 6 atom stereocenters. The summed E-state index contributed by atoms with van der Waals surface area (Å²) in [4.78, 5) is 100. The number of hydrogen-bond acceptors (Lipinski definition) is 14. The molecule has 2 unspecified atom stereocenters. The number of quaternary nitrogens is 1. The number of esters is 2. The maximum Gasteiger partial charge on any atom is 0.472 e. The van der Waals surface area contributed by atoms with E-state index in [-0.39, 0.29) is 69.2 Å². The van der Waals surface area contributed by atoms with Gasteiger partial charge in [0.15, 0.2) is 11.9 Å². The van der Waals surface area contributed by atoms with Crippen LogP contribution in [-0.4, -0.2) is 140 Å². The Kier molecular flexibility index (Phi) is 36.7. The average Bonchev–Trinajstić information content (AvgIpc) is 3.34. The van der Waals surface area contributed by atoms with E-state index < -0.39 is 80.0 Å². The van der Waals surface area contributed by atoms with Gasteiger partial charge in [0, 0.05) is 63.1 Å². The number of carboxylic acid groups (broad SMARTS) is 1. The van der Waals surface area contributed by atoms with Crippen molar-refractivity contribution >= 4 is 49.1 Å². The third kappa shape index (κ3) is 36.0. The van der Waals surface area contributed by atoms with Crippen LogP contribution in [0.5, 0.6) is 5.75 Å². The Labute approximate surface area is 453 Å². The summed E-state index contributed by atoms with van der Waals surface area (Å²) >= 11 is 0. The second kappa shape index (κ2) is 40.0. The summed E-state index contributed by atoms with van der Waals surface area (Å²) in [5.74, 6) is -5.91. The molecule has 0 saturated heterocycles. The molecule has 0 aromatic heterocycles. The molecule has 0 heterocycles. The molecular formula is C56H97N3O16P+. The number of likely N-dealkylation sites (N-methyl/N-ethyl adjacent to an activating group) is 1. The largest absolute Gasteiger partial charge is 0.508 e. The van der Waals surface area contributed by atoms with Gasteiger partial charge in [0.05, 0.1) is 33.8 Å². The van der Waals surface area contributed by atoms with Crippen LogP contribution >= 0.6 is 7.82 Å². The fourth-order valence-corrected chi connectivity index (χ4v) is 8.60. The number of ketones is 2. The van der Waals surface area contributed by atoms with Crippen LogP contribution in [0.2, 0.25) is 0 Å². The van der Waals surface area contributed by atoms with Crippen molar-refractivity contribution in [1.29, 1.82) is 0 Å². The number of rotatable bonds is 47. The van der Waals surface area contributed by atoms with Crippen molar-refractivity contribution in [2.45, 2.75) is 200 Å². The molecule has 0 spiro atoms. The topological polar surface area (TPSA) is 267 Å². The second-order valence-electron chi connectivity index (χ2n) is 21.6. The number of phenols is 1. The highest BCUT2D eigenvalue weighted by Crippen LogP contribution is 2.43. The van der Waals surface area contributed by atoms with Crippen LogP contribution in [0.1, 0.15) is 181 Å². The van der Waals surface area contributed by atoms with Gasteiger partial charge in [-0.05, 0) is 56.2 Å². The van der Waals surface area contributed by atoms with Gasteiger partial charge >= 0.3 is 25.7 Å². The van der Waals surface area contributed by atoms with E-state index in [9.17, 15) is 53.2 Å². The monoisotopic (exact) mass is 1100 g/mol. The molecule has 436 valence electrons. The first-order valence-corrected chi connectivity index (χ1v) is 29.4. The van der Waals surface area contributed by atoms with Crippen molar-refractivity contribution in [2.24, 2.45) is 17.8 Å². The lowest BCUT2D eigenvalue weighted by Gasteiger charge is -2.24. The van der Waals surface area contributed by atoms with E-state index in [1.165, 1.54) is 76.8 Å². The van der Waals surface area contributed by atoms with Crippen molar-refractivity contribution in [3.8, 4) is 5.75 Å². The number of phosphoric acid groups is 1. The van der Waals surface area contributed by atoms with Crippen LogP contribution in [0.3, 0.4) is 0 Å². The Morgan fingerprint density at radius 2 is 1.12 bits per heavy atom. The number of phosphoric ester groups is 1. The summed E-state index contributed by atoms with van der Waals surface area (Å²) in [6.45, 7) is 8.90. The van der Waals surface area contributed by atoms with E-state index in [0.29, 0.717) is 61.9 Å². The molecule has 5 N–H and O–H groups in total. The Morgan fingerprint density at radius 1 is 0.618 bits per heavy atom. The summed E-state index contributed by atoms with van der Waals surface area (Å²) < 4.78 is 40.1. The van der Waals surface area contributed by atoms with Gasteiger partial charge in [0.1, 0.15) is 37.3 Å². The van der Waals surface area contributed by atoms with Gasteiger partial charge in [-0.25, -0.2) is 9.36 Å². The number of benzene rings is 1. The molecule has 1 aromatic rings. The van der Waals surface area contributed by atoms with Gasteiger partial charge in [0.25, 0.3) is 0 Å². The number of aromatic hydroxyl groups is 1. The van der Waals surface area contributed by atoms with Crippen LogP contribution in [0.25, 0.3) is 0 Å². The molecule has 0 fully saturated rings. The average molecular weight is 1100 g/mol. The number of Topliss-reactive ketones (excluding diaryl/α,β-unsaturated/α-hetero) is 2. The SMILES string of the molecule is CCCCCCCCCCCCCCCC(=O)OCC(COP(=O)(O)OCC[N+](C)(C)C)OC(=O)CCCCOCCCC[C@H](NC(=O)[C@H](C)CC(=O)C(C)C)C(=O)C[C@@H](C)C(=O)N[C@@H](Cc1ccc(O)cc1)C(=O)O. The van der Waals surface area contributed by atoms with Crippen molar-refractivity contribution < 1.29 is 81.0 Å². The van der Waals surface area contributed by atoms with E-state index in [2.05, 4.69) is 17.6 Å². The maximum absolute atomic E-state index is 13.7. The molecule has 20 heteroatoms. The van der Waals surface area contributed by atoms with Gasteiger partial charge in [0.2, 0.25) is 11.8 Å². The Morgan fingerprint density at radius 3 is 1.66 bits per heavy atom. The number of amides is 2. The number of nitrogens with one attached hydrogen (secondary N) is 2. The molecular weight excluding hydrogens is 1000 g/mol. The zero-order valence-corrected chi connectivity index (χ0v) is 48.2. The van der Waals surface area contributed by atoms with Crippen LogP contribution in [0.4, 0.5) is 0 Å². The van der Waals surface area contributed by atoms with Gasteiger partial charge in [-0.3, -0.25) is 37.8 Å². The number of hydrogen-bond donors (Lipinski definition) is 5. The number of phenolic OH excluding ortho intramolecular Hbond substituents is 1. The minimum absolute atomic E-state index is 0.00367. The van der Waals surface area contributed by atoms with E-state index in [1.54, 1.807) is 32.9 Å². The van der Waals surface area contributed by atoms with Gasteiger partial charge in [-0.2, -0.15) is 0 Å². The standard InChI is InChI=1S/C56H96N3O16P/c1-9-10-11-12-13-14-15-16-17-18-19-20-21-27-52(63)72-40-47(41-74-76(69,70)73-36-33-59(6,7)8)75-53(64)28-23-25-35-71-34-24-22-26-48(57-54(65)43(4)37-50(61)42(2)3)51(62)38-44(5)55(66)58-49(56(67)68)39-45-29-31-46(60)32-30-45/h29-32,42-44,47-49H,9-28,33-41H2,1-8H3,(H4-,57,58,60,65,66,67,68,69,70)/p+1/t43-,44-,47?,48+,49+/m1/s1. The quantitative estimate of drug-likeness (QED) is 0.0176. The zero-order chi connectivity index (χ0) is 56.9. The van der Waals surface area contributed by atoms with E-state index in [1.807, 2.05) is 21.1 Å². The normalized spacial score (nSPS) is 14.4. The first-order chi connectivity index (χ1) is 35.9. The molecule has 19 nitrogen and oxygen atoms in total. The second-order valence-corrected chi connectivity index (χ2v) is 23.0. The lowest BCUT2D eigenvalue weighted by atomic mass is 9.94. The lowest BCUT2D eigenvalue weighted by molar-refractivity contribution is -0.870. The summed E-state index contributed by atoms with van der Waals surface area (Å²) in [5, 5.41) is 24.6. The molecule has 0 bridgehead atoms. The molecule has 0 aliphatic heterocycles. The minimum atomic E-state index is -4.51. The first-order valence-electron chi connectivity index (χ1n) is 27.9. The Bertz CT molecular complexity index is 1890. The van der Waals surface area contributed by atoms with Gasteiger partial charge in [-0.1, -0.05) is 124 Å². The minimum Gasteiger partial charge on any atom is -0.508 e. The number of ether oxygens (including phenoxy) is 3. The number of aliphatic carboxylic acids is 1.